The molecule has 0 aliphatic carbocycles. The van der Waals surface area contributed by atoms with E-state index in [2.05, 4.69) is 20.6 Å². The maximum Gasteiger partial charge on any atom is 0.270 e. The highest BCUT2D eigenvalue weighted by Crippen LogP contribution is 2.24. The van der Waals surface area contributed by atoms with E-state index in [4.69, 9.17) is 11.6 Å². The molecule has 0 saturated heterocycles. The topological polar surface area (TPSA) is 66.9 Å². The average molecular weight is 353 g/mol. The normalized spacial score (nSPS) is 10.3. The molecule has 0 saturated carbocycles. The fourth-order valence-electron chi connectivity index (χ4n) is 2.29. The van der Waals surface area contributed by atoms with Crippen molar-refractivity contribution >= 4 is 28.9 Å². The number of aryl methyl sites for hydroxylation is 1. The molecular formula is C19H17ClN4O. The molecule has 0 radical (unpaired) electrons. The van der Waals surface area contributed by atoms with Gasteiger partial charge >= 0.3 is 0 Å². The lowest BCUT2D eigenvalue weighted by Gasteiger charge is -2.11. The first-order valence-corrected chi connectivity index (χ1v) is 8.16. The first kappa shape index (κ1) is 16.9. The second-order valence-electron chi connectivity index (χ2n) is 5.55. The Morgan fingerprint density at radius 1 is 1.08 bits per heavy atom. The lowest BCUT2D eigenvalue weighted by atomic mass is 10.2. The van der Waals surface area contributed by atoms with Gasteiger partial charge in [-0.1, -0.05) is 17.7 Å². The Bertz CT molecular complexity index is 884. The molecule has 0 atom stereocenters. The Labute approximate surface area is 151 Å². The van der Waals surface area contributed by atoms with Gasteiger partial charge in [-0.2, -0.15) is 0 Å². The number of rotatable bonds is 5. The summed E-state index contributed by atoms with van der Waals surface area (Å²) in [5.41, 5.74) is 4.05. The summed E-state index contributed by atoms with van der Waals surface area (Å²) in [4.78, 5) is 20.4. The van der Waals surface area contributed by atoms with Crippen LogP contribution in [0.1, 0.15) is 21.6 Å². The van der Waals surface area contributed by atoms with Gasteiger partial charge in [0, 0.05) is 41.5 Å². The molecule has 1 amide bonds. The van der Waals surface area contributed by atoms with Crippen molar-refractivity contribution in [1.82, 2.24) is 15.3 Å². The van der Waals surface area contributed by atoms with Crippen LogP contribution < -0.4 is 10.6 Å². The molecule has 126 valence electrons. The molecule has 2 aromatic heterocycles. The van der Waals surface area contributed by atoms with Crippen molar-refractivity contribution in [3.8, 4) is 0 Å². The molecule has 2 heterocycles. The van der Waals surface area contributed by atoms with Crippen LogP contribution >= 0.6 is 11.6 Å². The minimum atomic E-state index is -0.233. The van der Waals surface area contributed by atoms with Crippen molar-refractivity contribution in [2.75, 3.05) is 5.32 Å². The molecule has 2 N–H and O–H groups in total. The first-order chi connectivity index (χ1) is 12.1. The van der Waals surface area contributed by atoms with Crippen LogP contribution in [0.2, 0.25) is 5.02 Å². The number of anilines is 2. The van der Waals surface area contributed by atoms with Gasteiger partial charge in [0.15, 0.2) is 0 Å². The third-order valence-electron chi connectivity index (χ3n) is 3.67. The highest BCUT2D eigenvalue weighted by Gasteiger charge is 2.08. The van der Waals surface area contributed by atoms with Crippen molar-refractivity contribution in [1.29, 1.82) is 0 Å². The molecular weight excluding hydrogens is 336 g/mol. The van der Waals surface area contributed by atoms with Crippen molar-refractivity contribution in [3.05, 3.63) is 82.9 Å². The lowest BCUT2D eigenvalue weighted by Crippen LogP contribution is -2.23. The quantitative estimate of drug-likeness (QED) is 0.725. The average Bonchev–Trinajstić information content (AvgIpc) is 2.64. The Balaban J connectivity index is 1.70. The number of nitrogens with zero attached hydrogens (tertiary/aromatic N) is 2. The van der Waals surface area contributed by atoms with Crippen LogP contribution in [0.3, 0.4) is 0 Å². The standard InChI is InChI=1S/C19H17ClN4O/c1-13-2-3-15(20)10-17(13)24-16-6-9-22-18(11-16)19(25)23-12-14-4-7-21-8-5-14/h2-11H,12H2,1H3,(H,22,24)(H,23,25). The van der Waals surface area contributed by atoms with Crippen LogP contribution in [-0.2, 0) is 6.54 Å². The summed E-state index contributed by atoms with van der Waals surface area (Å²) in [5.74, 6) is -0.233. The van der Waals surface area contributed by atoms with E-state index in [-0.39, 0.29) is 5.91 Å². The summed E-state index contributed by atoms with van der Waals surface area (Å²) in [6.45, 7) is 2.41. The van der Waals surface area contributed by atoms with Crippen LogP contribution in [0.25, 0.3) is 0 Å². The predicted octanol–water partition coefficient (Wildman–Crippen LogP) is 4.11. The molecule has 1 aromatic carbocycles. The summed E-state index contributed by atoms with van der Waals surface area (Å²) < 4.78 is 0. The second kappa shape index (κ2) is 7.77. The summed E-state index contributed by atoms with van der Waals surface area (Å²) in [6, 6.07) is 12.9. The van der Waals surface area contributed by atoms with Crippen molar-refractivity contribution in [2.45, 2.75) is 13.5 Å². The van der Waals surface area contributed by atoms with Crippen molar-refractivity contribution < 1.29 is 4.79 Å². The third kappa shape index (κ3) is 4.55. The van der Waals surface area contributed by atoms with E-state index in [1.165, 1.54) is 0 Å². The van der Waals surface area contributed by atoms with Crippen molar-refractivity contribution in [3.63, 3.8) is 0 Å². The van der Waals surface area contributed by atoms with Crippen LogP contribution in [0.15, 0.2) is 61.1 Å². The molecule has 6 heteroatoms. The van der Waals surface area contributed by atoms with Gasteiger partial charge in [-0.05, 0) is 54.4 Å². The molecule has 0 aliphatic heterocycles. The van der Waals surface area contributed by atoms with Crippen LogP contribution in [-0.4, -0.2) is 15.9 Å². The minimum Gasteiger partial charge on any atom is -0.355 e. The van der Waals surface area contributed by atoms with Gasteiger partial charge in [0.2, 0.25) is 0 Å². The monoisotopic (exact) mass is 352 g/mol. The van der Waals surface area contributed by atoms with E-state index in [1.54, 1.807) is 30.7 Å². The van der Waals surface area contributed by atoms with Crippen LogP contribution in [0, 0.1) is 6.92 Å². The zero-order valence-corrected chi connectivity index (χ0v) is 14.4. The number of benzene rings is 1. The first-order valence-electron chi connectivity index (χ1n) is 7.78. The summed E-state index contributed by atoms with van der Waals surface area (Å²) >= 11 is 6.04. The number of pyridine rings is 2. The van der Waals surface area contributed by atoms with E-state index in [0.717, 1.165) is 22.5 Å². The van der Waals surface area contributed by atoms with Gasteiger partial charge in [0.1, 0.15) is 5.69 Å². The Morgan fingerprint density at radius 3 is 2.68 bits per heavy atom. The zero-order valence-electron chi connectivity index (χ0n) is 13.7. The summed E-state index contributed by atoms with van der Waals surface area (Å²) in [7, 11) is 0. The molecule has 0 aliphatic rings. The summed E-state index contributed by atoms with van der Waals surface area (Å²) in [6.07, 6.45) is 4.98. The fourth-order valence-corrected chi connectivity index (χ4v) is 2.46. The molecule has 0 bridgehead atoms. The number of amides is 1. The van der Waals surface area contributed by atoms with E-state index in [1.807, 2.05) is 37.3 Å². The molecule has 25 heavy (non-hydrogen) atoms. The van der Waals surface area contributed by atoms with Crippen LogP contribution in [0.5, 0.6) is 0 Å². The van der Waals surface area contributed by atoms with Gasteiger partial charge in [-0.25, -0.2) is 0 Å². The smallest absolute Gasteiger partial charge is 0.270 e. The molecule has 3 aromatic rings. The molecule has 0 fully saturated rings. The lowest BCUT2D eigenvalue weighted by molar-refractivity contribution is 0.0946. The maximum absolute atomic E-state index is 12.3. The number of nitrogens with one attached hydrogen (secondary N) is 2. The fraction of sp³-hybridized carbons (Fsp3) is 0.105. The van der Waals surface area contributed by atoms with Crippen LogP contribution in [0.4, 0.5) is 11.4 Å². The SMILES string of the molecule is Cc1ccc(Cl)cc1Nc1ccnc(C(=O)NCc2ccncc2)c1. The van der Waals surface area contributed by atoms with E-state index in [9.17, 15) is 4.79 Å². The van der Waals surface area contributed by atoms with Gasteiger partial charge in [0.25, 0.3) is 5.91 Å². The van der Waals surface area contributed by atoms with Gasteiger partial charge in [0.05, 0.1) is 0 Å². The van der Waals surface area contributed by atoms with Gasteiger partial charge in [-0.15, -0.1) is 0 Å². The number of hydrogen-bond donors (Lipinski definition) is 2. The highest BCUT2D eigenvalue weighted by molar-refractivity contribution is 6.30. The van der Waals surface area contributed by atoms with Gasteiger partial charge < -0.3 is 10.6 Å². The minimum absolute atomic E-state index is 0.233. The molecule has 5 nitrogen and oxygen atoms in total. The molecule has 0 spiro atoms. The Hall–Kier alpha value is -2.92. The zero-order chi connectivity index (χ0) is 17.6. The van der Waals surface area contributed by atoms with Gasteiger partial charge in [-0.3, -0.25) is 14.8 Å². The third-order valence-corrected chi connectivity index (χ3v) is 3.91. The largest absolute Gasteiger partial charge is 0.355 e. The summed E-state index contributed by atoms with van der Waals surface area (Å²) in [5, 5.41) is 6.77. The molecule has 0 unspecified atom stereocenters. The number of carbonyl (C=O) groups is 1. The van der Waals surface area contributed by atoms with Crippen molar-refractivity contribution in [2.24, 2.45) is 0 Å². The number of halogens is 1. The predicted molar refractivity (Wildman–Crippen MR) is 99.1 cm³/mol. The Kier molecular flexibility index (Phi) is 5.26. The number of carbonyl (C=O) groups excluding carboxylic acids is 1. The highest BCUT2D eigenvalue weighted by atomic mass is 35.5. The molecule has 3 rings (SSSR count). The second-order valence-corrected chi connectivity index (χ2v) is 5.99. The van der Waals surface area contributed by atoms with E-state index < -0.39 is 0 Å². The number of aromatic nitrogens is 2. The van der Waals surface area contributed by atoms with E-state index in [0.29, 0.717) is 17.3 Å². The Morgan fingerprint density at radius 2 is 1.88 bits per heavy atom. The number of hydrogen-bond acceptors (Lipinski definition) is 4. The van der Waals surface area contributed by atoms with E-state index >= 15 is 0 Å². The maximum atomic E-state index is 12.3.